The first kappa shape index (κ1) is 23.9. The molecule has 0 aliphatic carbocycles. The highest BCUT2D eigenvalue weighted by Gasteiger charge is 2.46. The van der Waals surface area contributed by atoms with Gasteiger partial charge in [0.2, 0.25) is 17.1 Å². The van der Waals surface area contributed by atoms with Crippen molar-refractivity contribution in [3.8, 4) is 11.3 Å². The lowest BCUT2D eigenvalue weighted by Crippen LogP contribution is -2.51. The fourth-order valence-corrected chi connectivity index (χ4v) is 5.56. The van der Waals surface area contributed by atoms with Gasteiger partial charge in [-0.15, -0.1) is 0 Å². The average molecular weight is 451 g/mol. The summed E-state index contributed by atoms with van der Waals surface area (Å²) in [6, 6.07) is 22.7. The summed E-state index contributed by atoms with van der Waals surface area (Å²) in [6.07, 6.45) is 2.27. The van der Waals surface area contributed by atoms with E-state index < -0.39 is 0 Å². The van der Waals surface area contributed by atoms with Gasteiger partial charge in [0.25, 0.3) is 0 Å². The van der Waals surface area contributed by atoms with Crippen LogP contribution >= 0.6 is 0 Å². The smallest absolute Gasteiger partial charge is 0.204 e. The minimum atomic E-state index is -0.341. The van der Waals surface area contributed by atoms with E-state index in [2.05, 4.69) is 139 Å². The Morgan fingerprint density at radius 2 is 1.32 bits per heavy atom. The Morgan fingerprint density at radius 1 is 0.618 bits per heavy atom. The molecule has 1 atom stereocenters. The zero-order valence-corrected chi connectivity index (χ0v) is 22.2. The molecule has 2 heteroatoms. The van der Waals surface area contributed by atoms with Crippen molar-refractivity contribution in [2.45, 2.75) is 53.9 Å². The summed E-state index contributed by atoms with van der Waals surface area (Å²) in [6.45, 7) is 15.6. The van der Waals surface area contributed by atoms with E-state index in [1.165, 1.54) is 61.6 Å². The highest BCUT2D eigenvalue weighted by molar-refractivity contribution is 5.63. The standard InChI is InChI=1S/C32H38N2/c1-21-14-15-27(25(5)16-21)29-17-22(2)18-31(34(29)9)32(7,28-13-11-10-12-23(28)3)30-19-24(4)26(6)20-33(30)8/h10-20H,1-9H3/q+2. The lowest BCUT2D eigenvalue weighted by atomic mass is 9.73. The summed E-state index contributed by atoms with van der Waals surface area (Å²) in [5.74, 6) is 0. The highest BCUT2D eigenvalue weighted by Crippen LogP contribution is 2.39. The molecule has 0 bridgehead atoms. The molecule has 0 aliphatic rings. The third kappa shape index (κ3) is 3.96. The maximum Gasteiger partial charge on any atom is 0.213 e. The Balaban J connectivity index is 2.11. The molecule has 0 spiro atoms. The second kappa shape index (κ2) is 8.83. The van der Waals surface area contributed by atoms with Crippen LogP contribution in [-0.4, -0.2) is 0 Å². The molecule has 0 saturated carbocycles. The van der Waals surface area contributed by atoms with Crippen molar-refractivity contribution in [2.75, 3.05) is 0 Å². The van der Waals surface area contributed by atoms with Crippen molar-refractivity contribution in [2.24, 2.45) is 14.1 Å². The molecule has 0 aliphatic heterocycles. The van der Waals surface area contributed by atoms with E-state index in [-0.39, 0.29) is 5.41 Å². The van der Waals surface area contributed by atoms with E-state index in [4.69, 9.17) is 0 Å². The minimum absolute atomic E-state index is 0.341. The monoisotopic (exact) mass is 450 g/mol. The molecule has 0 saturated heterocycles. The van der Waals surface area contributed by atoms with Crippen LogP contribution in [0.25, 0.3) is 11.3 Å². The number of aromatic nitrogens is 2. The molecule has 2 heterocycles. The Bertz CT molecular complexity index is 1400. The molecule has 0 radical (unpaired) electrons. The van der Waals surface area contributed by atoms with Crippen molar-refractivity contribution in [3.05, 3.63) is 117 Å². The van der Waals surface area contributed by atoms with Crippen LogP contribution in [0.3, 0.4) is 0 Å². The average Bonchev–Trinajstić information content (AvgIpc) is 2.77. The van der Waals surface area contributed by atoms with Crippen LogP contribution in [0.15, 0.2) is 66.9 Å². The number of hydrogen-bond acceptors (Lipinski definition) is 0. The van der Waals surface area contributed by atoms with Crippen LogP contribution in [0.4, 0.5) is 0 Å². The van der Waals surface area contributed by atoms with Gasteiger partial charge in [-0.05, 0) is 82.3 Å². The van der Waals surface area contributed by atoms with E-state index >= 15 is 0 Å². The van der Waals surface area contributed by atoms with Crippen LogP contribution < -0.4 is 9.13 Å². The predicted molar refractivity (Wildman–Crippen MR) is 141 cm³/mol. The van der Waals surface area contributed by atoms with Crippen LogP contribution in [0.5, 0.6) is 0 Å². The fraction of sp³-hybridized carbons (Fsp3) is 0.312. The predicted octanol–water partition coefficient (Wildman–Crippen LogP) is 6.21. The van der Waals surface area contributed by atoms with Crippen molar-refractivity contribution < 1.29 is 9.13 Å². The zero-order valence-electron chi connectivity index (χ0n) is 22.2. The van der Waals surface area contributed by atoms with Crippen LogP contribution in [0.2, 0.25) is 0 Å². The topological polar surface area (TPSA) is 7.76 Å². The van der Waals surface area contributed by atoms with Crippen molar-refractivity contribution in [1.82, 2.24) is 0 Å². The molecule has 174 valence electrons. The number of aryl methyl sites for hydroxylation is 7. The number of benzene rings is 2. The van der Waals surface area contributed by atoms with Crippen molar-refractivity contribution in [3.63, 3.8) is 0 Å². The maximum atomic E-state index is 2.41. The molecule has 4 rings (SSSR count). The van der Waals surface area contributed by atoms with Crippen LogP contribution in [0, 0.1) is 41.5 Å². The van der Waals surface area contributed by atoms with Gasteiger partial charge in [0.1, 0.15) is 14.1 Å². The van der Waals surface area contributed by atoms with Gasteiger partial charge in [-0.2, -0.15) is 4.57 Å². The number of nitrogens with zero attached hydrogens (tertiary/aromatic N) is 2. The SMILES string of the molecule is Cc1ccc(-c2cc(C)cc(C(C)(c3ccccc3C)c3cc(C)c(C)c[n+]3C)[n+]2C)c(C)c1. The Kier molecular flexibility index (Phi) is 6.20. The summed E-state index contributed by atoms with van der Waals surface area (Å²) in [7, 11) is 4.40. The van der Waals surface area contributed by atoms with Gasteiger partial charge in [-0.25, -0.2) is 4.57 Å². The molecule has 1 unspecified atom stereocenters. The molecule has 34 heavy (non-hydrogen) atoms. The number of hydrogen-bond donors (Lipinski definition) is 0. The van der Waals surface area contributed by atoms with Gasteiger partial charge in [0.15, 0.2) is 11.6 Å². The van der Waals surface area contributed by atoms with Gasteiger partial charge in [-0.3, -0.25) is 0 Å². The summed E-state index contributed by atoms with van der Waals surface area (Å²) < 4.78 is 4.72. The van der Waals surface area contributed by atoms with Crippen molar-refractivity contribution >= 4 is 0 Å². The van der Waals surface area contributed by atoms with Gasteiger partial charge in [-0.1, -0.05) is 42.0 Å². The maximum absolute atomic E-state index is 2.41. The normalized spacial score (nSPS) is 13.1. The summed E-state index contributed by atoms with van der Waals surface area (Å²) in [5, 5.41) is 0. The second-order valence-electron chi connectivity index (χ2n) is 10.3. The molecular formula is C32H38N2+2. The molecule has 2 aromatic heterocycles. The zero-order chi connectivity index (χ0) is 24.8. The number of rotatable bonds is 4. The van der Waals surface area contributed by atoms with Crippen LogP contribution in [0.1, 0.15) is 57.3 Å². The lowest BCUT2D eigenvalue weighted by Gasteiger charge is -2.28. The largest absolute Gasteiger partial charge is 0.213 e. The van der Waals surface area contributed by atoms with Crippen LogP contribution in [-0.2, 0) is 19.5 Å². The molecule has 0 fully saturated rings. The first-order chi connectivity index (χ1) is 16.0. The first-order valence-electron chi connectivity index (χ1n) is 12.2. The minimum Gasteiger partial charge on any atom is -0.204 e. The van der Waals surface area contributed by atoms with E-state index in [9.17, 15) is 0 Å². The third-order valence-corrected chi connectivity index (χ3v) is 7.56. The Hall–Kier alpha value is -3.26. The summed E-state index contributed by atoms with van der Waals surface area (Å²) >= 11 is 0. The fourth-order valence-electron chi connectivity index (χ4n) is 5.56. The van der Waals surface area contributed by atoms with Gasteiger partial charge < -0.3 is 0 Å². The highest BCUT2D eigenvalue weighted by atomic mass is 15.0. The second-order valence-corrected chi connectivity index (χ2v) is 10.3. The van der Waals surface area contributed by atoms with E-state index in [0.717, 1.165) is 0 Å². The van der Waals surface area contributed by atoms with E-state index in [0.29, 0.717) is 0 Å². The first-order valence-corrected chi connectivity index (χ1v) is 12.2. The Morgan fingerprint density at radius 3 is 2.00 bits per heavy atom. The lowest BCUT2D eigenvalue weighted by molar-refractivity contribution is -0.692. The van der Waals surface area contributed by atoms with Gasteiger partial charge in [0, 0.05) is 29.3 Å². The molecule has 0 amide bonds. The third-order valence-electron chi connectivity index (χ3n) is 7.56. The Labute approximate surface area is 205 Å². The molecule has 0 N–H and O–H groups in total. The molecule has 4 aromatic rings. The summed E-state index contributed by atoms with van der Waals surface area (Å²) in [4.78, 5) is 0. The van der Waals surface area contributed by atoms with Gasteiger partial charge in [0.05, 0.1) is 0 Å². The van der Waals surface area contributed by atoms with E-state index in [1.807, 2.05) is 0 Å². The van der Waals surface area contributed by atoms with E-state index in [1.54, 1.807) is 0 Å². The quantitative estimate of drug-likeness (QED) is 0.327. The molecular weight excluding hydrogens is 412 g/mol. The molecule has 2 aromatic carbocycles. The molecule has 2 nitrogen and oxygen atoms in total. The summed E-state index contributed by atoms with van der Waals surface area (Å²) in [5.41, 5.74) is 13.9. The van der Waals surface area contributed by atoms with Gasteiger partial charge >= 0.3 is 0 Å². The number of pyridine rings is 2. The van der Waals surface area contributed by atoms with Crippen molar-refractivity contribution in [1.29, 1.82) is 0 Å².